The quantitative estimate of drug-likeness (QED) is 0.660. The molecule has 5 nitrogen and oxygen atoms in total. The van der Waals surface area contributed by atoms with Crippen LogP contribution < -0.4 is 10.6 Å². The van der Waals surface area contributed by atoms with E-state index in [1.807, 2.05) is 0 Å². The highest BCUT2D eigenvalue weighted by atomic mass is 16.3. The Hall–Kier alpha value is -1.10. The first-order valence-corrected chi connectivity index (χ1v) is 7.67. The summed E-state index contributed by atoms with van der Waals surface area (Å²) in [4.78, 5) is 23.1. The monoisotopic (exact) mass is 284 g/mol. The minimum Gasteiger partial charge on any atom is -0.388 e. The Bertz CT molecular complexity index is 323. The number of aliphatic hydroxyl groups is 1. The molecule has 1 fully saturated rings. The number of amides is 2. The van der Waals surface area contributed by atoms with E-state index in [-0.39, 0.29) is 24.9 Å². The van der Waals surface area contributed by atoms with Crippen molar-refractivity contribution in [3.8, 4) is 0 Å². The van der Waals surface area contributed by atoms with Crippen molar-refractivity contribution in [2.24, 2.45) is 5.92 Å². The third-order valence-corrected chi connectivity index (χ3v) is 3.79. The van der Waals surface area contributed by atoms with Gasteiger partial charge in [0.05, 0.1) is 12.1 Å². The molecule has 0 bridgehead atoms. The van der Waals surface area contributed by atoms with Gasteiger partial charge in [0, 0.05) is 13.0 Å². The summed E-state index contributed by atoms with van der Waals surface area (Å²) in [6.45, 7) is 4.40. The highest BCUT2D eigenvalue weighted by Gasteiger charge is 2.29. The predicted molar refractivity (Wildman–Crippen MR) is 78.1 cm³/mol. The molecule has 0 aromatic rings. The predicted octanol–water partition coefficient (Wildman–Crippen LogP) is 1.35. The summed E-state index contributed by atoms with van der Waals surface area (Å²) in [5.74, 6) is 0.155. The van der Waals surface area contributed by atoms with Gasteiger partial charge in [-0.25, -0.2) is 0 Å². The molecule has 0 heterocycles. The van der Waals surface area contributed by atoms with Crippen molar-refractivity contribution in [1.29, 1.82) is 0 Å². The van der Waals surface area contributed by atoms with Crippen LogP contribution in [0.1, 0.15) is 58.8 Å². The number of hydrogen-bond donors (Lipinski definition) is 3. The molecule has 2 amide bonds. The Balaban J connectivity index is 2.15. The highest BCUT2D eigenvalue weighted by Crippen LogP contribution is 2.27. The molecule has 0 spiro atoms. The highest BCUT2D eigenvalue weighted by molar-refractivity contribution is 5.84. The van der Waals surface area contributed by atoms with E-state index in [0.29, 0.717) is 12.3 Å². The summed E-state index contributed by atoms with van der Waals surface area (Å²) >= 11 is 0. The van der Waals surface area contributed by atoms with E-state index in [0.717, 1.165) is 38.5 Å². The maximum Gasteiger partial charge on any atom is 0.239 e. The second-order valence-electron chi connectivity index (χ2n) is 6.27. The maximum atomic E-state index is 11.6. The summed E-state index contributed by atoms with van der Waals surface area (Å²) in [5, 5.41) is 15.6. The molecule has 0 saturated heterocycles. The molecular formula is C15H28N2O3. The van der Waals surface area contributed by atoms with Gasteiger partial charge in [-0.05, 0) is 25.2 Å². The molecule has 20 heavy (non-hydrogen) atoms. The van der Waals surface area contributed by atoms with E-state index in [4.69, 9.17) is 0 Å². The Morgan fingerprint density at radius 1 is 1.10 bits per heavy atom. The van der Waals surface area contributed by atoms with E-state index in [1.54, 1.807) is 0 Å². The second kappa shape index (κ2) is 8.25. The fourth-order valence-corrected chi connectivity index (χ4v) is 2.40. The van der Waals surface area contributed by atoms with Crippen molar-refractivity contribution < 1.29 is 14.7 Å². The van der Waals surface area contributed by atoms with Gasteiger partial charge in [0.1, 0.15) is 0 Å². The zero-order valence-corrected chi connectivity index (χ0v) is 12.7. The van der Waals surface area contributed by atoms with Crippen molar-refractivity contribution in [2.45, 2.75) is 64.4 Å². The Labute approximate surface area is 121 Å². The average Bonchev–Trinajstić information content (AvgIpc) is 2.41. The number of nitrogens with one attached hydrogen (secondary N) is 2. The van der Waals surface area contributed by atoms with Crippen LogP contribution in [0.2, 0.25) is 0 Å². The summed E-state index contributed by atoms with van der Waals surface area (Å²) in [7, 11) is 0. The lowest BCUT2D eigenvalue weighted by molar-refractivity contribution is -0.127. The summed E-state index contributed by atoms with van der Waals surface area (Å²) in [6.07, 6.45) is 5.95. The molecule has 0 atom stereocenters. The van der Waals surface area contributed by atoms with E-state index in [1.165, 1.54) is 0 Å². The Morgan fingerprint density at radius 3 is 2.35 bits per heavy atom. The van der Waals surface area contributed by atoms with E-state index < -0.39 is 5.60 Å². The third-order valence-electron chi connectivity index (χ3n) is 3.79. The van der Waals surface area contributed by atoms with Crippen LogP contribution in [0.4, 0.5) is 0 Å². The van der Waals surface area contributed by atoms with Gasteiger partial charge in [-0.1, -0.05) is 33.1 Å². The summed E-state index contributed by atoms with van der Waals surface area (Å²) < 4.78 is 0. The second-order valence-corrected chi connectivity index (χ2v) is 6.27. The van der Waals surface area contributed by atoms with E-state index in [9.17, 15) is 14.7 Å². The van der Waals surface area contributed by atoms with Gasteiger partial charge in [0.15, 0.2) is 0 Å². The van der Waals surface area contributed by atoms with Gasteiger partial charge >= 0.3 is 0 Å². The van der Waals surface area contributed by atoms with Crippen LogP contribution in [0.15, 0.2) is 0 Å². The van der Waals surface area contributed by atoms with Crippen LogP contribution in [0, 0.1) is 5.92 Å². The van der Waals surface area contributed by atoms with Gasteiger partial charge in [0.25, 0.3) is 0 Å². The number of carbonyl (C=O) groups is 2. The van der Waals surface area contributed by atoms with Gasteiger partial charge in [0.2, 0.25) is 11.8 Å². The van der Waals surface area contributed by atoms with Crippen molar-refractivity contribution in [2.75, 3.05) is 13.1 Å². The minimum atomic E-state index is -0.754. The molecule has 1 rings (SSSR count). The van der Waals surface area contributed by atoms with Crippen LogP contribution in [0.5, 0.6) is 0 Å². The molecule has 1 aliphatic rings. The van der Waals surface area contributed by atoms with Crippen LogP contribution in [0.3, 0.4) is 0 Å². The summed E-state index contributed by atoms with van der Waals surface area (Å²) in [6, 6.07) is 0. The molecule has 3 N–H and O–H groups in total. The summed E-state index contributed by atoms with van der Waals surface area (Å²) in [5.41, 5.74) is -0.754. The first-order valence-electron chi connectivity index (χ1n) is 7.67. The van der Waals surface area contributed by atoms with Crippen LogP contribution in [-0.4, -0.2) is 35.6 Å². The van der Waals surface area contributed by atoms with Crippen molar-refractivity contribution in [1.82, 2.24) is 10.6 Å². The zero-order valence-electron chi connectivity index (χ0n) is 12.7. The number of rotatable bonds is 7. The van der Waals surface area contributed by atoms with E-state index in [2.05, 4.69) is 24.5 Å². The molecule has 5 heteroatoms. The molecule has 0 radical (unpaired) electrons. The third kappa shape index (κ3) is 6.89. The van der Waals surface area contributed by atoms with Crippen LogP contribution >= 0.6 is 0 Å². The van der Waals surface area contributed by atoms with Crippen molar-refractivity contribution in [3.63, 3.8) is 0 Å². The molecule has 0 aromatic heterocycles. The lowest BCUT2D eigenvalue weighted by Gasteiger charge is -2.32. The van der Waals surface area contributed by atoms with Gasteiger partial charge in [-0.3, -0.25) is 9.59 Å². The largest absolute Gasteiger partial charge is 0.388 e. The first-order chi connectivity index (χ1) is 9.41. The lowest BCUT2D eigenvalue weighted by Crippen LogP contribution is -2.46. The fraction of sp³-hybridized carbons (Fsp3) is 0.867. The molecular weight excluding hydrogens is 256 g/mol. The topological polar surface area (TPSA) is 78.4 Å². The van der Waals surface area contributed by atoms with Crippen molar-refractivity contribution in [3.05, 3.63) is 0 Å². The number of carbonyl (C=O) groups excluding carboxylic acids is 2. The zero-order chi connectivity index (χ0) is 15.0. The van der Waals surface area contributed by atoms with Gasteiger partial charge in [-0.2, -0.15) is 0 Å². The molecule has 0 aliphatic heterocycles. The van der Waals surface area contributed by atoms with E-state index >= 15 is 0 Å². The Kier molecular flexibility index (Phi) is 6.99. The molecule has 116 valence electrons. The normalized spacial score (nSPS) is 17.8. The fourth-order valence-electron chi connectivity index (χ4n) is 2.40. The average molecular weight is 284 g/mol. The van der Waals surface area contributed by atoms with Crippen LogP contribution in [0.25, 0.3) is 0 Å². The minimum absolute atomic E-state index is 0.00694. The standard InChI is InChI=1S/C15H28N2O3/c1-12(2)6-7-13(18)16-10-14(19)17-11-15(20)8-4-3-5-9-15/h12,20H,3-11H2,1-2H3,(H,16,18)(H,17,19). The van der Waals surface area contributed by atoms with Crippen LogP contribution in [-0.2, 0) is 9.59 Å². The lowest BCUT2D eigenvalue weighted by atomic mass is 9.85. The van der Waals surface area contributed by atoms with Gasteiger partial charge in [-0.15, -0.1) is 0 Å². The smallest absolute Gasteiger partial charge is 0.239 e. The number of hydrogen-bond acceptors (Lipinski definition) is 3. The molecule has 0 aromatic carbocycles. The molecule has 1 saturated carbocycles. The SMILES string of the molecule is CC(C)CCC(=O)NCC(=O)NCC1(O)CCCCC1. The first kappa shape index (κ1) is 17.0. The molecule has 1 aliphatic carbocycles. The van der Waals surface area contributed by atoms with Crippen molar-refractivity contribution >= 4 is 11.8 Å². The van der Waals surface area contributed by atoms with Gasteiger partial charge < -0.3 is 15.7 Å². The maximum absolute atomic E-state index is 11.6. The molecule has 0 unspecified atom stereocenters. The Morgan fingerprint density at radius 2 is 1.75 bits per heavy atom.